The quantitative estimate of drug-likeness (QED) is 0.208. The highest BCUT2D eigenvalue weighted by molar-refractivity contribution is 6.06. The standard InChI is InChI=1S/C32H24O10/c1-39-18-10-20(34)30-22(36)12-26(42-27(30)11-18)16-5-8-24(40-2)19(9-16)29-21(35)14-28-31(32(29)38)23(37)13-25(41-28)15-3-6-17(33)7-4-15/h3-12,14,25,33-35,38H,13H2,1-2H3/t25-/m0/s1. The summed E-state index contributed by atoms with van der Waals surface area (Å²) in [5.74, 6) is -0.805. The van der Waals surface area contributed by atoms with Gasteiger partial charge in [-0.2, -0.15) is 0 Å². The third-order valence-corrected chi connectivity index (χ3v) is 7.20. The first-order valence-electron chi connectivity index (χ1n) is 12.8. The van der Waals surface area contributed by atoms with Crippen LogP contribution in [0.2, 0.25) is 0 Å². The van der Waals surface area contributed by atoms with Crippen LogP contribution in [0.15, 0.2) is 75.9 Å². The van der Waals surface area contributed by atoms with E-state index in [1.807, 2.05) is 0 Å². The summed E-state index contributed by atoms with van der Waals surface area (Å²) < 4.78 is 22.6. The van der Waals surface area contributed by atoms with Crippen LogP contribution in [0.4, 0.5) is 0 Å². The Morgan fingerprint density at radius 1 is 0.810 bits per heavy atom. The summed E-state index contributed by atoms with van der Waals surface area (Å²) >= 11 is 0. The summed E-state index contributed by atoms with van der Waals surface area (Å²) in [7, 11) is 2.83. The van der Waals surface area contributed by atoms with Crippen molar-refractivity contribution in [2.24, 2.45) is 0 Å². The monoisotopic (exact) mass is 568 g/mol. The molecule has 0 unspecified atom stereocenters. The number of carbonyl (C=O) groups is 1. The highest BCUT2D eigenvalue weighted by Gasteiger charge is 2.34. The molecule has 0 amide bonds. The fourth-order valence-corrected chi connectivity index (χ4v) is 5.16. The van der Waals surface area contributed by atoms with Gasteiger partial charge in [0, 0.05) is 35.4 Å². The van der Waals surface area contributed by atoms with Crippen molar-refractivity contribution in [3.8, 4) is 62.7 Å². The molecule has 0 saturated carbocycles. The maximum absolute atomic E-state index is 13.3. The van der Waals surface area contributed by atoms with E-state index in [9.17, 15) is 30.0 Å². The number of ketones is 1. The number of fused-ring (bicyclic) bond motifs is 2. The number of aromatic hydroxyl groups is 4. The molecular formula is C32H24O10. The second kappa shape index (κ2) is 10.1. The van der Waals surface area contributed by atoms with Crippen LogP contribution in [0.5, 0.6) is 40.2 Å². The molecule has 0 fully saturated rings. The number of carbonyl (C=O) groups excluding carboxylic acids is 1. The van der Waals surface area contributed by atoms with Crippen molar-refractivity contribution in [2.45, 2.75) is 12.5 Å². The molecule has 4 aromatic carbocycles. The molecule has 6 rings (SSSR count). The first kappa shape index (κ1) is 26.6. The van der Waals surface area contributed by atoms with E-state index in [2.05, 4.69) is 0 Å². The molecule has 5 aromatic rings. The molecule has 10 nitrogen and oxygen atoms in total. The van der Waals surface area contributed by atoms with Crippen LogP contribution < -0.4 is 19.6 Å². The van der Waals surface area contributed by atoms with E-state index in [-0.39, 0.29) is 68.6 Å². The van der Waals surface area contributed by atoms with Gasteiger partial charge in [-0.15, -0.1) is 0 Å². The number of hydrogen-bond donors (Lipinski definition) is 4. The average Bonchev–Trinajstić information content (AvgIpc) is 2.96. The minimum absolute atomic E-state index is 0.00692. The van der Waals surface area contributed by atoms with E-state index in [4.69, 9.17) is 18.6 Å². The van der Waals surface area contributed by atoms with Crippen molar-refractivity contribution in [1.29, 1.82) is 0 Å². The molecule has 10 heteroatoms. The van der Waals surface area contributed by atoms with Crippen LogP contribution in [-0.4, -0.2) is 40.4 Å². The van der Waals surface area contributed by atoms with E-state index in [0.29, 0.717) is 16.9 Å². The molecule has 4 N–H and O–H groups in total. The summed E-state index contributed by atoms with van der Waals surface area (Å²) in [6.45, 7) is 0. The highest BCUT2D eigenvalue weighted by Crippen LogP contribution is 2.51. The predicted octanol–water partition coefficient (Wildman–Crippen LogP) is 5.67. The predicted molar refractivity (Wildman–Crippen MR) is 152 cm³/mol. The fourth-order valence-electron chi connectivity index (χ4n) is 5.16. The molecule has 0 saturated heterocycles. The zero-order chi connectivity index (χ0) is 29.7. The molecule has 0 spiro atoms. The average molecular weight is 569 g/mol. The molecule has 1 aliphatic rings. The number of hydrogen-bond acceptors (Lipinski definition) is 10. The molecule has 2 heterocycles. The number of Topliss-reactive ketones (excluding diaryl/α,β-unsaturated/α-hetero) is 1. The highest BCUT2D eigenvalue weighted by atomic mass is 16.5. The van der Waals surface area contributed by atoms with Crippen molar-refractivity contribution in [2.75, 3.05) is 14.2 Å². The number of methoxy groups -OCH3 is 2. The summed E-state index contributed by atoms with van der Waals surface area (Å²) in [4.78, 5) is 26.1. The molecule has 0 aliphatic carbocycles. The number of phenols is 4. The van der Waals surface area contributed by atoms with Crippen LogP contribution in [0, 0.1) is 0 Å². The minimum atomic E-state index is -0.679. The lowest BCUT2D eigenvalue weighted by Gasteiger charge is -2.27. The fraction of sp³-hybridized carbons (Fsp3) is 0.125. The van der Waals surface area contributed by atoms with Crippen molar-refractivity contribution >= 4 is 16.8 Å². The lowest BCUT2D eigenvalue weighted by Crippen LogP contribution is -2.20. The van der Waals surface area contributed by atoms with Gasteiger partial charge in [0.25, 0.3) is 0 Å². The van der Waals surface area contributed by atoms with Gasteiger partial charge in [0.1, 0.15) is 68.6 Å². The summed E-state index contributed by atoms with van der Waals surface area (Å²) in [5, 5.41) is 42.3. The normalized spacial score (nSPS) is 14.3. The van der Waals surface area contributed by atoms with Crippen molar-refractivity contribution in [3.63, 3.8) is 0 Å². The van der Waals surface area contributed by atoms with Gasteiger partial charge in [-0.1, -0.05) is 12.1 Å². The zero-order valence-electron chi connectivity index (χ0n) is 22.4. The molecular weight excluding hydrogens is 544 g/mol. The lowest BCUT2D eigenvalue weighted by atomic mass is 9.91. The number of rotatable bonds is 5. The van der Waals surface area contributed by atoms with Gasteiger partial charge in [-0.05, 0) is 35.9 Å². The van der Waals surface area contributed by atoms with E-state index in [1.54, 1.807) is 24.3 Å². The molecule has 1 atom stereocenters. The van der Waals surface area contributed by atoms with Crippen LogP contribution in [0.25, 0.3) is 33.4 Å². The van der Waals surface area contributed by atoms with Gasteiger partial charge in [0.05, 0.1) is 26.2 Å². The van der Waals surface area contributed by atoms with Gasteiger partial charge < -0.3 is 39.1 Å². The topological polar surface area (TPSA) is 156 Å². The van der Waals surface area contributed by atoms with Gasteiger partial charge in [0.2, 0.25) is 0 Å². The van der Waals surface area contributed by atoms with E-state index >= 15 is 0 Å². The maximum Gasteiger partial charge on any atom is 0.197 e. The van der Waals surface area contributed by atoms with Crippen LogP contribution in [0.1, 0.15) is 28.4 Å². The van der Waals surface area contributed by atoms with Crippen LogP contribution in [0.3, 0.4) is 0 Å². The second-order valence-corrected chi connectivity index (χ2v) is 9.73. The molecule has 1 aromatic heterocycles. The van der Waals surface area contributed by atoms with E-state index < -0.39 is 23.1 Å². The Bertz CT molecular complexity index is 1940. The van der Waals surface area contributed by atoms with Gasteiger partial charge in [-0.3, -0.25) is 9.59 Å². The van der Waals surface area contributed by atoms with Crippen molar-refractivity contribution in [1.82, 2.24) is 0 Å². The molecule has 1 aliphatic heterocycles. The Morgan fingerprint density at radius 2 is 1.57 bits per heavy atom. The lowest BCUT2D eigenvalue weighted by molar-refractivity contribution is 0.0845. The summed E-state index contributed by atoms with van der Waals surface area (Å²) in [5.41, 5.74) is 0.689. The third kappa shape index (κ3) is 4.39. The molecule has 42 heavy (non-hydrogen) atoms. The second-order valence-electron chi connectivity index (χ2n) is 9.73. The van der Waals surface area contributed by atoms with Crippen LogP contribution in [-0.2, 0) is 0 Å². The zero-order valence-corrected chi connectivity index (χ0v) is 22.4. The van der Waals surface area contributed by atoms with Crippen molar-refractivity contribution < 1.29 is 43.8 Å². The van der Waals surface area contributed by atoms with E-state index in [1.165, 1.54) is 56.7 Å². The Kier molecular flexibility index (Phi) is 6.38. The Balaban J connectivity index is 1.47. The first-order valence-corrected chi connectivity index (χ1v) is 12.8. The Morgan fingerprint density at radius 3 is 2.29 bits per heavy atom. The van der Waals surface area contributed by atoms with E-state index in [0.717, 1.165) is 0 Å². The number of ether oxygens (including phenoxy) is 3. The van der Waals surface area contributed by atoms with Gasteiger partial charge >= 0.3 is 0 Å². The minimum Gasteiger partial charge on any atom is -0.508 e. The SMILES string of the molecule is COc1cc(O)c2c(=O)cc(-c3ccc(OC)c(-c4c(O)cc5c(c4O)C(=O)C[C@@H](c4ccc(O)cc4)O5)c3)oc2c1. The largest absolute Gasteiger partial charge is 0.508 e. The summed E-state index contributed by atoms with van der Waals surface area (Å²) in [6.07, 6.45) is -0.757. The van der Waals surface area contributed by atoms with Gasteiger partial charge in [-0.25, -0.2) is 0 Å². The number of phenolic OH excluding ortho intramolecular Hbond substituents is 4. The first-order chi connectivity index (χ1) is 20.2. The van der Waals surface area contributed by atoms with Crippen LogP contribution >= 0.6 is 0 Å². The molecule has 0 radical (unpaired) electrons. The third-order valence-electron chi connectivity index (χ3n) is 7.20. The molecule has 212 valence electrons. The Labute approximate surface area is 238 Å². The Hall–Kier alpha value is -5.64. The smallest absolute Gasteiger partial charge is 0.197 e. The molecule has 0 bridgehead atoms. The summed E-state index contributed by atoms with van der Waals surface area (Å²) in [6, 6.07) is 16.2. The maximum atomic E-state index is 13.3. The van der Waals surface area contributed by atoms with Crippen molar-refractivity contribution in [3.05, 3.63) is 88.1 Å². The number of benzene rings is 4. The van der Waals surface area contributed by atoms with Gasteiger partial charge in [0.15, 0.2) is 11.2 Å².